The molecule has 0 aliphatic carbocycles. The molecule has 142 valence electrons. The van der Waals surface area contributed by atoms with Crippen molar-refractivity contribution in [1.29, 1.82) is 0 Å². The van der Waals surface area contributed by atoms with Gasteiger partial charge in [-0.15, -0.1) is 0 Å². The van der Waals surface area contributed by atoms with Crippen molar-refractivity contribution in [3.05, 3.63) is 90.4 Å². The SMILES string of the molecule is Fc1cccc(Cn2ncc3cc(Nc4nc(F)nc5ccccc45)ccc32)c1. The van der Waals surface area contributed by atoms with Crippen molar-refractivity contribution in [2.75, 3.05) is 5.32 Å². The van der Waals surface area contributed by atoms with Crippen LogP contribution in [0.3, 0.4) is 0 Å². The number of halogens is 2. The summed E-state index contributed by atoms with van der Waals surface area (Å²) in [5.41, 5.74) is 3.04. The Balaban J connectivity index is 1.47. The van der Waals surface area contributed by atoms with Crippen LogP contribution in [0.5, 0.6) is 0 Å². The smallest absolute Gasteiger partial charge is 0.311 e. The summed E-state index contributed by atoms with van der Waals surface area (Å²) in [6.07, 6.45) is 0.966. The maximum Gasteiger partial charge on any atom is 0.311 e. The molecule has 0 radical (unpaired) electrons. The largest absolute Gasteiger partial charge is 0.340 e. The van der Waals surface area contributed by atoms with Crippen LogP contribution in [-0.4, -0.2) is 19.7 Å². The summed E-state index contributed by atoms with van der Waals surface area (Å²) >= 11 is 0. The van der Waals surface area contributed by atoms with Crippen LogP contribution >= 0.6 is 0 Å². The number of nitrogens with zero attached hydrogens (tertiary/aromatic N) is 4. The van der Waals surface area contributed by atoms with Crippen LogP contribution in [0.1, 0.15) is 5.56 Å². The highest BCUT2D eigenvalue weighted by Gasteiger charge is 2.09. The van der Waals surface area contributed by atoms with Gasteiger partial charge in [-0.1, -0.05) is 24.3 Å². The van der Waals surface area contributed by atoms with E-state index < -0.39 is 6.08 Å². The third kappa shape index (κ3) is 3.38. The number of para-hydroxylation sites is 1. The minimum atomic E-state index is -0.782. The van der Waals surface area contributed by atoms with Gasteiger partial charge in [0, 0.05) is 16.5 Å². The number of hydrogen-bond acceptors (Lipinski definition) is 4. The summed E-state index contributed by atoms with van der Waals surface area (Å²) in [5.74, 6) is 0.134. The maximum atomic E-state index is 13.8. The predicted octanol–water partition coefficient (Wildman–Crippen LogP) is 5.05. The van der Waals surface area contributed by atoms with Crippen molar-refractivity contribution in [3.8, 4) is 0 Å². The van der Waals surface area contributed by atoms with Crippen molar-refractivity contribution in [3.63, 3.8) is 0 Å². The third-order valence-corrected chi connectivity index (χ3v) is 4.70. The Morgan fingerprint density at radius 3 is 2.69 bits per heavy atom. The minimum absolute atomic E-state index is 0.269. The van der Waals surface area contributed by atoms with Crippen molar-refractivity contribution < 1.29 is 8.78 Å². The van der Waals surface area contributed by atoms with E-state index in [1.807, 2.05) is 41.1 Å². The first-order valence-electron chi connectivity index (χ1n) is 9.05. The number of rotatable bonds is 4. The molecule has 0 aliphatic heterocycles. The summed E-state index contributed by atoms with van der Waals surface area (Å²) in [6, 6.07) is 19.4. The van der Waals surface area contributed by atoms with E-state index in [0.29, 0.717) is 17.9 Å². The highest BCUT2D eigenvalue weighted by molar-refractivity contribution is 5.91. The van der Waals surface area contributed by atoms with Crippen LogP contribution in [0.15, 0.2) is 72.9 Å². The summed E-state index contributed by atoms with van der Waals surface area (Å²) in [5, 5.41) is 9.22. The van der Waals surface area contributed by atoms with E-state index in [2.05, 4.69) is 20.4 Å². The first kappa shape index (κ1) is 17.2. The van der Waals surface area contributed by atoms with Crippen molar-refractivity contribution in [2.45, 2.75) is 6.54 Å². The molecule has 0 amide bonds. The van der Waals surface area contributed by atoms with E-state index in [0.717, 1.165) is 27.5 Å². The zero-order valence-electron chi connectivity index (χ0n) is 15.2. The molecule has 3 aromatic carbocycles. The van der Waals surface area contributed by atoms with Gasteiger partial charge in [0.2, 0.25) is 0 Å². The molecular formula is C22H15F2N5. The van der Waals surface area contributed by atoms with E-state index in [-0.39, 0.29) is 5.82 Å². The second-order valence-corrected chi connectivity index (χ2v) is 6.69. The molecule has 5 rings (SSSR count). The van der Waals surface area contributed by atoms with E-state index in [9.17, 15) is 8.78 Å². The van der Waals surface area contributed by atoms with Crippen LogP contribution in [0.25, 0.3) is 21.8 Å². The van der Waals surface area contributed by atoms with Gasteiger partial charge in [-0.25, -0.2) is 9.37 Å². The summed E-state index contributed by atoms with van der Waals surface area (Å²) in [4.78, 5) is 7.72. The second kappa shape index (κ2) is 6.94. The van der Waals surface area contributed by atoms with Gasteiger partial charge in [0.25, 0.3) is 0 Å². The zero-order valence-corrected chi connectivity index (χ0v) is 15.2. The normalized spacial score (nSPS) is 11.2. The minimum Gasteiger partial charge on any atom is -0.340 e. The van der Waals surface area contributed by atoms with Crippen molar-refractivity contribution >= 4 is 33.3 Å². The number of anilines is 2. The average Bonchev–Trinajstić information content (AvgIpc) is 3.10. The third-order valence-electron chi connectivity index (χ3n) is 4.70. The van der Waals surface area contributed by atoms with Crippen LogP contribution in [0, 0.1) is 11.9 Å². The first-order valence-corrected chi connectivity index (χ1v) is 9.05. The maximum absolute atomic E-state index is 13.8. The van der Waals surface area contributed by atoms with Gasteiger partial charge in [-0.2, -0.15) is 14.5 Å². The lowest BCUT2D eigenvalue weighted by Crippen LogP contribution is -2.02. The Kier molecular flexibility index (Phi) is 4.13. The van der Waals surface area contributed by atoms with Gasteiger partial charge >= 0.3 is 6.08 Å². The molecule has 29 heavy (non-hydrogen) atoms. The van der Waals surface area contributed by atoms with Gasteiger partial charge < -0.3 is 5.32 Å². The van der Waals surface area contributed by atoms with Gasteiger partial charge in [0.15, 0.2) is 0 Å². The molecular weight excluding hydrogens is 372 g/mol. The van der Waals surface area contributed by atoms with Crippen LogP contribution in [0.4, 0.5) is 20.3 Å². The fourth-order valence-corrected chi connectivity index (χ4v) is 3.38. The number of nitrogens with one attached hydrogen (secondary N) is 1. The van der Waals surface area contributed by atoms with E-state index in [4.69, 9.17) is 0 Å². The Labute approximate surface area is 164 Å². The number of benzene rings is 3. The molecule has 2 aromatic heterocycles. The molecule has 0 saturated carbocycles. The highest BCUT2D eigenvalue weighted by Crippen LogP contribution is 2.26. The standard InChI is InChI=1S/C22H15F2N5/c23-16-5-3-4-14(10-16)13-29-20-9-8-17(11-15(20)12-25-29)26-21-18-6-1-2-7-19(18)27-22(24)28-21/h1-12H,13H2,(H,26,27,28). The van der Waals surface area contributed by atoms with E-state index >= 15 is 0 Å². The van der Waals surface area contributed by atoms with Crippen molar-refractivity contribution in [2.24, 2.45) is 0 Å². The fraction of sp³-hybridized carbons (Fsp3) is 0.0455. The topological polar surface area (TPSA) is 55.6 Å². The molecule has 7 heteroatoms. The lowest BCUT2D eigenvalue weighted by Gasteiger charge is -2.09. The van der Waals surface area contributed by atoms with E-state index in [1.54, 1.807) is 24.4 Å². The number of hydrogen-bond donors (Lipinski definition) is 1. The van der Waals surface area contributed by atoms with Gasteiger partial charge in [-0.05, 0) is 48.0 Å². The molecule has 1 N–H and O–H groups in total. The average molecular weight is 387 g/mol. The highest BCUT2D eigenvalue weighted by atomic mass is 19.1. The monoisotopic (exact) mass is 387 g/mol. The number of aromatic nitrogens is 4. The molecule has 0 saturated heterocycles. The van der Waals surface area contributed by atoms with Gasteiger partial charge in [-0.3, -0.25) is 4.68 Å². The molecule has 2 heterocycles. The summed E-state index contributed by atoms with van der Waals surface area (Å²) in [7, 11) is 0. The van der Waals surface area contributed by atoms with Crippen LogP contribution in [0.2, 0.25) is 0 Å². The van der Waals surface area contributed by atoms with Crippen LogP contribution in [-0.2, 0) is 6.54 Å². The second-order valence-electron chi connectivity index (χ2n) is 6.69. The molecule has 5 nitrogen and oxygen atoms in total. The van der Waals surface area contributed by atoms with Gasteiger partial charge in [0.1, 0.15) is 11.6 Å². The Bertz CT molecular complexity index is 1350. The number of fused-ring (bicyclic) bond motifs is 2. The summed E-state index contributed by atoms with van der Waals surface area (Å²) < 4.78 is 29.0. The molecule has 0 spiro atoms. The summed E-state index contributed by atoms with van der Waals surface area (Å²) in [6.45, 7) is 0.468. The Morgan fingerprint density at radius 1 is 0.897 bits per heavy atom. The lowest BCUT2D eigenvalue weighted by atomic mass is 10.2. The predicted molar refractivity (Wildman–Crippen MR) is 108 cm³/mol. The fourth-order valence-electron chi connectivity index (χ4n) is 3.38. The molecule has 0 aliphatic rings. The molecule has 0 unspecified atom stereocenters. The Hall–Kier alpha value is -3.87. The molecule has 0 atom stereocenters. The van der Waals surface area contributed by atoms with E-state index in [1.165, 1.54) is 12.1 Å². The molecule has 5 aromatic rings. The molecule has 0 bridgehead atoms. The molecule has 0 fully saturated rings. The first-order chi connectivity index (χ1) is 14.2. The Morgan fingerprint density at radius 2 is 1.79 bits per heavy atom. The zero-order chi connectivity index (χ0) is 19.8. The quantitative estimate of drug-likeness (QED) is 0.439. The van der Waals surface area contributed by atoms with Crippen LogP contribution < -0.4 is 5.32 Å². The van der Waals surface area contributed by atoms with Crippen molar-refractivity contribution in [1.82, 2.24) is 19.7 Å². The van der Waals surface area contributed by atoms with Gasteiger partial charge in [0.05, 0.1) is 23.8 Å². The lowest BCUT2D eigenvalue weighted by molar-refractivity contribution is 0.546.